The maximum Gasteiger partial charge on any atom is 0.0416 e. The van der Waals surface area contributed by atoms with Crippen LogP contribution in [0.3, 0.4) is 0 Å². The molecule has 1 aliphatic heterocycles. The highest BCUT2D eigenvalue weighted by atomic mass is 15.4. The molecular weight excluding hydrogens is 136 g/mol. The largest absolute Gasteiger partial charge is 0.325 e. The molecule has 0 aromatic rings. The van der Waals surface area contributed by atoms with Gasteiger partial charge in [0.1, 0.15) is 0 Å². The molecule has 1 rings (SSSR count). The molecule has 60 valence electrons. The van der Waals surface area contributed by atoms with E-state index in [0.717, 1.165) is 6.54 Å². The van der Waals surface area contributed by atoms with Crippen molar-refractivity contribution >= 4 is 0 Å². The topological polar surface area (TPSA) is 24.1 Å². The van der Waals surface area contributed by atoms with Crippen LogP contribution in [0.2, 0.25) is 0 Å². The molecule has 0 amide bonds. The van der Waals surface area contributed by atoms with Gasteiger partial charge in [-0.3, -0.25) is 0 Å². The van der Waals surface area contributed by atoms with Crippen LogP contribution in [0.25, 0.3) is 0 Å². The zero-order valence-electron chi connectivity index (χ0n) is 7.07. The van der Waals surface area contributed by atoms with Crippen LogP contribution in [0, 0.1) is 0 Å². The number of hydrazine groups is 1. The monoisotopic (exact) mass is 150 g/mol. The number of hydrogen-bond donors (Lipinski definition) is 2. The maximum atomic E-state index is 3.70. The van der Waals surface area contributed by atoms with Gasteiger partial charge < -0.3 is 5.43 Å². The van der Waals surface area contributed by atoms with Crippen molar-refractivity contribution in [3.8, 4) is 0 Å². The molecule has 0 saturated heterocycles. The summed E-state index contributed by atoms with van der Waals surface area (Å²) in [4.78, 5) is 0. The second-order valence-corrected chi connectivity index (χ2v) is 2.72. The van der Waals surface area contributed by atoms with Crippen LogP contribution in [-0.2, 0) is 0 Å². The van der Waals surface area contributed by atoms with Gasteiger partial charge in [-0.2, -0.15) is 0 Å². The van der Waals surface area contributed by atoms with Crippen molar-refractivity contribution in [1.82, 2.24) is 10.9 Å². The summed E-state index contributed by atoms with van der Waals surface area (Å²) in [6.07, 6.45) is 3.99. The molecule has 0 radical (unpaired) electrons. The lowest BCUT2D eigenvalue weighted by molar-refractivity contribution is 0.698. The van der Waals surface area contributed by atoms with Crippen LogP contribution in [0.5, 0.6) is 0 Å². The first-order valence-electron chi connectivity index (χ1n) is 3.73. The summed E-state index contributed by atoms with van der Waals surface area (Å²) in [7, 11) is 0. The van der Waals surface area contributed by atoms with E-state index >= 15 is 0 Å². The molecule has 0 saturated carbocycles. The van der Waals surface area contributed by atoms with Crippen LogP contribution >= 0.6 is 0 Å². The van der Waals surface area contributed by atoms with Crippen molar-refractivity contribution in [3.63, 3.8) is 0 Å². The molecule has 0 aromatic heterocycles. The van der Waals surface area contributed by atoms with Crippen molar-refractivity contribution in [2.24, 2.45) is 0 Å². The van der Waals surface area contributed by atoms with E-state index in [-0.39, 0.29) is 0 Å². The minimum Gasteiger partial charge on any atom is -0.325 e. The van der Waals surface area contributed by atoms with E-state index in [0.29, 0.717) is 0 Å². The normalized spacial score (nSPS) is 18.5. The van der Waals surface area contributed by atoms with E-state index in [4.69, 9.17) is 0 Å². The maximum absolute atomic E-state index is 3.70. The minimum absolute atomic E-state index is 0.900. The highest BCUT2D eigenvalue weighted by molar-refractivity contribution is 5.33. The summed E-state index contributed by atoms with van der Waals surface area (Å²) in [6, 6.07) is 0. The summed E-state index contributed by atoms with van der Waals surface area (Å²) in [5, 5.41) is 0. The third kappa shape index (κ3) is 1.95. The Kier molecular flexibility index (Phi) is 2.49. The molecule has 0 bridgehead atoms. The van der Waals surface area contributed by atoms with Crippen LogP contribution in [0.1, 0.15) is 13.8 Å². The minimum atomic E-state index is 0.900. The molecule has 0 fully saturated rings. The molecule has 1 heterocycles. The van der Waals surface area contributed by atoms with Gasteiger partial charge >= 0.3 is 0 Å². The first kappa shape index (κ1) is 8.08. The van der Waals surface area contributed by atoms with Crippen LogP contribution < -0.4 is 10.9 Å². The highest BCUT2D eigenvalue weighted by Gasteiger charge is 2.05. The first-order chi connectivity index (χ1) is 5.24. The van der Waals surface area contributed by atoms with E-state index in [9.17, 15) is 0 Å². The smallest absolute Gasteiger partial charge is 0.0416 e. The van der Waals surface area contributed by atoms with E-state index in [1.807, 2.05) is 13.0 Å². The van der Waals surface area contributed by atoms with Gasteiger partial charge in [-0.1, -0.05) is 24.3 Å². The number of rotatable bonds is 2. The fourth-order valence-electron chi connectivity index (χ4n) is 0.978. The lowest BCUT2D eigenvalue weighted by Crippen LogP contribution is -2.22. The SMILES string of the molecule is C=C/C(C)=C\C1=C(C)NNC1. The lowest BCUT2D eigenvalue weighted by Gasteiger charge is -1.94. The molecule has 0 atom stereocenters. The quantitative estimate of drug-likeness (QED) is 0.583. The van der Waals surface area contributed by atoms with Crippen molar-refractivity contribution in [1.29, 1.82) is 0 Å². The first-order valence-corrected chi connectivity index (χ1v) is 3.73. The van der Waals surface area contributed by atoms with Gasteiger partial charge in [0.25, 0.3) is 0 Å². The van der Waals surface area contributed by atoms with Crippen LogP contribution in [0.15, 0.2) is 35.6 Å². The standard InChI is InChI=1S/C9H14N2/c1-4-7(2)5-9-6-10-11-8(9)3/h4-5,10-11H,1,6H2,2-3H3/b7-5-. The molecule has 0 spiro atoms. The number of hydrogen-bond acceptors (Lipinski definition) is 2. The Balaban J connectivity index is 2.75. The Bertz CT molecular complexity index is 224. The second kappa shape index (κ2) is 3.39. The fourth-order valence-corrected chi connectivity index (χ4v) is 0.978. The third-order valence-corrected chi connectivity index (χ3v) is 1.76. The number of nitrogens with one attached hydrogen (secondary N) is 2. The zero-order valence-corrected chi connectivity index (χ0v) is 7.07. The summed E-state index contributed by atoms with van der Waals surface area (Å²) in [5.41, 5.74) is 9.81. The van der Waals surface area contributed by atoms with E-state index in [2.05, 4.69) is 30.4 Å². The van der Waals surface area contributed by atoms with Gasteiger partial charge in [0.05, 0.1) is 0 Å². The van der Waals surface area contributed by atoms with Crippen molar-refractivity contribution in [2.75, 3.05) is 6.54 Å². The van der Waals surface area contributed by atoms with Crippen LogP contribution in [0.4, 0.5) is 0 Å². The molecule has 0 aliphatic carbocycles. The Labute approximate surface area is 67.7 Å². The van der Waals surface area contributed by atoms with Crippen molar-refractivity contribution in [2.45, 2.75) is 13.8 Å². The average Bonchev–Trinajstić information content (AvgIpc) is 2.37. The predicted octanol–water partition coefficient (Wildman–Crippen LogP) is 1.50. The van der Waals surface area contributed by atoms with Crippen molar-refractivity contribution < 1.29 is 0 Å². The molecule has 11 heavy (non-hydrogen) atoms. The molecule has 2 nitrogen and oxygen atoms in total. The summed E-state index contributed by atoms with van der Waals surface area (Å²) >= 11 is 0. The Morgan fingerprint density at radius 2 is 2.36 bits per heavy atom. The molecule has 1 aliphatic rings. The van der Waals surface area contributed by atoms with Gasteiger partial charge in [-0.05, 0) is 19.4 Å². The summed E-state index contributed by atoms with van der Waals surface area (Å²) < 4.78 is 0. The van der Waals surface area contributed by atoms with Crippen LogP contribution in [-0.4, -0.2) is 6.54 Å². The molecule has 0 aromatic carbocycles. The lowest BCUT2D eigenvalue weighted by atomic mass is 10.1. The van der Waals surface area contributed by atoms with Gasteiger partial charge in [0, 0.05) is 12.2 Å². The second-order valence-electron chi connectivity index (χ2n) is 2.72. The summed E-state index contributed by atoms with van der Waals surface area (Å²) in [5.74, 6) is 0. The zero-order chi connectivity index (χ0) is 8.27. The molecule has 2 N–H and O–H groups in total. The van der Waals surface area contributed by atoms with Gasteiger partial charge in [-0.25, -0.2) is 5.43 Å². The van der Waals surface area contributed by atoms with E-state index in [1.165, 1.54) is 16.8 Å². The molecule has 2 heteroatoms. The highest BCUT2D eigenvalue weighted by Crippen LogP contribution is 2.09. The van der Waals surface area contributed by atoms with E-state index in [1.54, 1.807) is 0 Å². The molecular formula is C9H14N2. The Hall–Kier alpha value is -1.02. The Morgan fingerprint density at radius 3 is 2.82 bits per heavy atom. The summed E-state index contributed by atoms with van der Waals surface area (Å²) in [6.45, 7) is 8.70. The third-order valence-electron chi connectivity index (χ3n) is 1.76. The van der Waals surface area contributed by atoms with Crippen molar-refractivity contribution in [3.05, 3.63) is 35.6 Å². The van der Waals surface area contributed by atoms with E-state index < -0.39 is 0 Å². The van der Waals surface area contributed by atoms with Gasteiger partial charge in [0.15, 0.2) is 0 Å². The predicted molar refractivity (Wildman–Crippen MR) is 47.8 cm³/mol. The fraction of sp³-hybridized carbons (Fsp3) is 0.333. The average molecular weight is 150 g/mol. The van der Waals surface area contributed by atoms with Gasteiger partial charge in [-0.15, -0.1) is 0 Å². The molecule has 0 unspecified atom stereocenters. The van der Waals surface area contributed by atoms with Gasteiger partial charge in [0.2, 0.25) is 0 Å². The Morgan fingerprint density at radius 1 is 1.64 bits per heavy atom. The number of allylic oxidation sites excluding steroid dienone is 3.